The van der Waals surface area contributed by atoms with Crippen molar-refractivity contribution in [3.05, 3.63) is 0 Å². The second-order valence-corrected chi connectivity index (χ2v) is 5.96. The van der Waals surface area contributed by atoms with Gasteiger partial charge in [0.25, 0.3) is 0 Å². The average Bonchev–Trinajstić information content (AvgIpc) is 2.39. The van der Waals surface area contributed by atoms with Crippen molar-refractivity contribution in [2.45, 2.75) is 64.0 Å². The topological polar surface area (TPSA) is 8.88 Å². The van der Waals surface area contributed by atoms with Gasteiger partial charge < -0.3 is 9.80 Å². The summed E-state index contributed by atoms with van der Waals surface area (Å²) in [7, 11) is 2.47. The smallest absolute Gasteiger partial charge is 0.0983 e. The molecule has 1 atom stereocenters. The van der Waals surface area contributed by atoms with Crippen molar-refractivity contribution in [2.75, 3.05) is 26.7 Å². The molecule has 2 nitrogen and oxygen atoms in total. The lowest BCUT2D eigenvalue weighted by molar-refractivity contribution is -0.961. The van der Waals surface area contributed by atoms with Gasteiger partial charge in [-0.25, -0.2) is 0 Å². The summed E-state index contributed by atoms with van der Waals surface area (Å²) in [5.41, 5.74) is 0. The number of nitrogens with one attached hydrogen (secondary N) is 2. The Bertz CT molecular complexity index is 191. The molecule has 1 saturated heterocycles. The number of quaternary nitrogens is 2. The average molecular weight is 226 g/mol. The van der Waals surface area contributed by atoms with Crippen LogP contribution in [0.2, 0.25) is 0 Å². The summed E-state index contributed by atoms with van der Waals surface area (Å²) in [4.78, 5) is 3.70. The first-order chi connectivity index (χ1) is 7.81. The monoisotopic (exact) mass is 226 g/mol. The molecule has 2 N–H and O–H groups in total. The highest BCUT2D eigenvalue weighted by molar-refractivity contribution is 4.67. The number of likely N-dealkylation sites (tertiary alicyclic amines) is 1. The molecule has 94 valence electrons. The first kappa shape index (κ1) is 12.4. The Morgan fingerprint density at radius 1 is 0.938 bits per heavy atom. The van der Waals surface area contributed by atoms with Crippen LogP contribution < -0.4 is 9.80 Å². The molecule has 0 aromatic carbocycles. The SMILES string of the molecule is CC[NH+]1CCC([NH+](C)C2CCCCC2)CC1. The fourth-order valence-electron chi connectivity index (χ4n) is 3.73. The Morgan fingerprint density at radius 3 is 2.06 bits per heavy atom. The molecule has 1 unspecified atom stereocenters. The Hall–Kier alpha value is -0.0800. The maximum atomic E-state index is 2.47. The molecular weight excluding hydrogens is 196 g/mol. The first-order valence-electron chi connectivity index (χ1n) is 7.48. The van der Waals surface area contributed by atoms with Crippen molar-refractivity contribution < 1.29 is 9.80 Å². The summed E-state index contributed by atoms with van der Waals surface area (Å²) in [5.74, 6) is 0. The predicted octanol–water partition coefficient (Wildman–Crippen LogP) is -0.0990. The van der Waals surface area contributed by atoms with Gasteiger partial charge >= 0.3 is 0 Å². The zero-order chi connectivity index (χ0) is 11.4. The predicted molar refractivity (Wildman–Crippen MR) is 68.0 cm³/mol. The maximum Gasteiger partial charge on any atom is 0.0983 e. The van der Waals surface area contributed by atoms with Crippen LogP contribution in [-0.2, 0) is 0 Å². The minimum atomic E-state index is 0.971. The number of rotatable bonds is 3. The molecule has 0 radical (unpaired) electrons. The molecular formula is C14H30N2+2. The molecule has 2 fully saturated rings. The summed E-state index contributed by atoms with van der Waals surface area (Å²) >= 11 is 0. The first-order valence-corrected chi connectivity index (χ1v) is 7.48. The van der Waals surface area contributed by atoms with Crippen molar-refractivity contribution in [3.8, 4) is 0 Å². The molecule has 0 aromatic rings. The molecule has 1 heterocycles. The largest absolute Gasteiger partial charge is 0.335 e. The van der Waals surface area contributed by atoms with Gasteiger partial charge in [-0.05, 0) is 32.6 Å². The number of hydrogen-bond donors (Lipinski definition) is 2. The van der Waals surface area contributed by atoms with E-state index in [9.17, 15) is 0 Å². The Kier molecular flexibility index (Phi) is 4.66. The lowest BCUT2D eigenvalue weighted by atomic mass is 9.92. The van der Waals surface area contributed by atoms with Crippen molar-refractivity contribution in [2.24, 2.45) is 0 Å². The Morgan fingerprint density at radius 2 is 1.50 bits per heavy atom. The maximum absolute atomic E-state index is 2.47. The van der Waals surface area contributed by atoms with Gasteiger partial charge in [0, 0.05) is 12.8 Å². The van der Waals surface area contributed by atoms with E-state index in [2.05, 4.69) is 14.0 Å². The summed E-state index contributed by atoms with van der Waals surface area (Å²) < 4.78 is 0. The van der Waals surface area contributed by atoms with Gasteiger partial charge in [0.2, 0.25) is 0 Å². The molecule has 1 aliphatic heterocycles. The highest BCUT2D eigenvalue weighted by Gasteiger charge is 2.32. The molecule has 2 heteroatoms. The standard InChI is InChI=1S/C14H28N2/c1-3-16-11-9-14(10-12-16)15(2)13-7-5-4-6-8-13/h13-14H,3-12H2,1-2H3/p+2. The summed E-state index contributed by atoms with van der Waals surface area (Å²) in [5, 5.41) is 0. The second kappa shape index (κ2) is 6.02. The van der Waals surface area contributed by atoms with E-state index >= 15 is 0 Å². The third-order valence-electron chi connectivity index (χ3n) is 5.09. The van der Waals surface area contributed by atoms with E-state index in [-0.39, 0.29) is 0 Å². The molecule has 0 amide bonds. The normalized spacial score (nSPS) is 34.9. The zero-order valence-electron chi connectivity index (χ0n) is 11.2. The number of piperidine rings is 1. The molecule has 16 heavy (non-hydrogen) atoms. The van der Waals surface area contributed by atoms with Gasteiger partial charge in [-0.2, -0.15) is 0 Å². The highest BCUT2D eigenvalue weighted by Crippen LogP contribution is 2.16. The van der Waals surface area contributed by atoms with E-state index in [1.54, 1.807) is 0 Å². The van der Waals surface area contributed by atoms with E-state index in [0.29, 0.717) is 0 Å². The fourth-order valence-corrected chi connectivity index (χ4v) is 3.73. The van der Waals surface area contributed by atoms with Crippen molar-refractivity contribution in [1.29, 1.82) is 0 Å². The van der Waals surface area contributed by atoms with E-state index < -0.39 is 0 Å². The quantitative estimate of drug-likeness (QED) is 0.665. The van der Waals surface area contributed by atoms with Gasteiger partial charge in [0.15, 0.2) is 0 Å². The second-order valence-electron chi connectivity index (χ2n) is 5.96. The van der Waals surface area contributed by atoms with Gasteiger partial charge in [0.05, 0.1) is 38.8 Å². The van der Waals surface area contributed by atoms with E-state index in [0.717, 1.165) is 12.1 Å². The van der Waals surface area contributed by atoms with Crippen LogP contribution in [0.15, 0.2) is 0 Å². The molecule has 2 aliphatic rings. The summed E-state index contributed by atoms with van der Waals surface area (Å²) in [6.45, 7) is 6.50. The van der Waals surface area contributed by atoms with Crippen LogP contribution in [0.5, 0.6) is 0 Å². The molecule has 1 saturated carbocycles. The van der Waals surface area contributed by atoms with Crippen molar-refractivity contribution in [1.82, 2.24) is 0 Å². The Labute approximate surface area is 101 Å². The van der Waals surface area contributed by atoms with Crippen LogP contribution in [-0.4, -0.2) is 38.8 Å². The van der Waals surface area contributed by atoms with Crippen molar-refractivity contribution >= 4 is 0 Å². The van der Waals surface area contributed by atoms with Gasteiger partial charge in [-0.3, -0.25) is 0 Å². The molecule has 1 aliphatic carbocycles. The minimum Gasteiger partial charge on any atom is -0.335 e. The third-order valence-corrected chi connectivity index (χ3v) is 5.09. The van der Waals surface area contributed by atoms with E-state index in [1.165, 1.54) is 64.6 Å². The lowest BCUT2D eigenvalue weighted by Crippen LogP contribution is -3.21. The third kappa shape index (κ3) is 2.98. The van der Waals surface area contributed by atoms with Crippen LogP contribution in [0.1, 0.15) is 51.9 Å². The molecule has 0 aromatic heterocycles. The van der Waals surface area contributed by atoms with Crippen LogP contribution >= 0.6 is 0 Å². The number of hydrogen-bond acceptors (Lipinski definition) is 0. The van der Waals surface area contributed by atoms with E-state index in [1.807, 2.05) is 9.80 Å². The van der Waals surface area contributed by atoms with Crippen LogP contribution in [0.4, 0.5) is 0 Å². The summed E-state index contributed by atoms with van der Waals surface area (Å²) in [6.07, 6.45) is 10.4. The van der Waals surface area contributed by atoms with Crippen molar-refractivity contribution in [3.63, 3.8) is 0 Å². The Balaban J connectivity index is 1.78. The minimum absolute atomic E-state index is 0.971. The lowest BCUT2D eigenvalue weighted by Gasteiger charge is -2.37. The van der Waals surface area contributed by atoms with Crippen LogP contribution in [0.3, 0.4) is 0 Å². The summed E-state index contributed by atoms with van der Waals surface area (Å²) in [6, 6.07) is 1.96. The molecule has 2 rings (SSSR count). The highest BCUT2D eigenvalue weighted by atomic mass is 15.2. The molecule has 0 bridgehead atoms. The molecule has 0 spiro atoms. The van der Waals surface area contributed by atoms with Gasteiger partial charge in [-0.1, -0.05) is 6.42 Å². The van der Waals surface area contributed by atoms with E-state index in [4.69, 9.17) is 0 Å². The van der Waals surface area contributed by atoms with Crippen LogP contribution in [0.25, 0.3) is 0 Å². The van der Waals surface area contributed by atoms with Gasteiger partial charge in [-0.15, -0.1) is 0 Å². The van der Waals surface area contributed by atoms with Crippen LogP contribution in [0, 0.1) is 0 Å². The zero-order valence-corrected chi connectivity index (χ0v) is 11.2. The fraction of sp³-hybridized carbons (Fsp3) is 1.00. The van der Waals surface area contributed by atoms with Gasteiger partial charge in [0.1, 0.15) is 0 Å².